The summed E-state index contributed by atoms with van der Waals surface area (Å²) in [6.45, 7) is 2.25. The zero-order valence-corrected chi connectivity index (χ0v) is 15.1. The summed E-state index contributed by atoms with van der Waals surface area (Å²) in [6, 6.07) is 18.7. The minimum atomic E-state index is -0.729. The summed E-state index contributed by atoms with van der Waals surface area (Å²) < 4.78 is 1.12. The van der Waals surface area contributed by atoms with Crippen molar-refractivity contribution in [2.75, 3.05) is 0 Å². The molecule has 0 spiro atoms. The topological polar surface area (TPSA) is 99.5 Å². The predicted molar refractivity (Wildman–Crippen MR) is 105 cm³/mol. The molecule has 140 valence electrons. The van der Waals surface area contributed by atoms with E-state index in [2.05, 4.69) is 15.4 Å². The fourth-order valence-electron chi connectivity index (χ4n) is 2.91. The highest BCUT2D eigenvalue weighted by Gasteiger charge is 2.20. The van der Waals surface area contributed by atoms with Crippen LogP contribution >= 0.6 is 0 Å². The van der Waals surface area contributed by atoms with Crippen molar-refractivity contribution in [1.29, 1.82) is 0 Å². The van der Waals surface area contributed by atoms with Gasteiger partial charge < -0.3 is 10.4 Å². The lowest BCUT2D eigenvalue weighted by Gasteiger charge is -2.07. The van der Waals surface area contributed by atoms with Crippen molar-refractivity contribution >= 4 is 11.6 Å². The number of nitrogens with zero attached hydrogens (tertiary/aromatic N) is 2. The molecule has 3 N–H and O–H groups in total. The van der Waals surface area contributed by atoms with Crippen LogP contribution in [0.2, 0.25) is 0 Å². The van der Waals surface area contributed by atoms with Crippen LogP contribution in [0.25, 0.3) is 16.9 Å². The Labute approximate surface area is 160 Å². The fraction of sp³-hybridized carbons (Fsp3) is 0.0952. The smallest absolute Gasteiger partial charge is 0.315 e. The monoisotopic (exact) mass is 374 g/mol. The van der Waals surface area contributed by atoms with E-state index in [1.165, 1.54) is 0 Å². The van der Waals surface area contributed by atoms with Gasteiger partial charge in [0.1, 0.15) is 0 Å². The number of H-pyrrole nitrogens is 1. The van der Waals surface area contributed by atoms with Crippen LogP contribution in [0, 0.1) is 6.92 Å². The molecule has 0 aliphatic heterocycles. The van der Waals surface area contributed by atoms with Crippen LogP contribution in [-0.4, -0.2) is 25.6 Å². The zero-order valence-electron chi connectivity index (χ0n) is 15.1. The van der Waals surface area contributed by atoms with Crippen LogP contribution in [-0.2, 0) is 6.54 Å². The van der Waals surface area contributed by atoms with Crippen LogP contribution in [0.4, 0.5) is 0 Å². The van der Waals surface area contributed by atoms with Crippen LogP contribution in [0.3, 0.4) is 0 Å². The number of hydrogen-bond donors (Lipinski definition) is 3. The predicted octanol–water partition coefficient (Wildman–Crippen LogP) is 2.63. The Morgan fingerprint density at radius 3 is 2.57 bits per heavy atom. The molecule has 0 fully saturated rings. The molecule has 7 nitrogen and oxygen atoms in total. The third kappa shape index (κ3) is 3.25. The second-order valence-corrected chi connectivity index (χ2v) is 6.51. The third-order valence-electron chi connectivity index (χ3n) is 4.46. The lowest BCUT2D eigenvalue weighted by atomic mass is 10.1. The Morgan fingerprint density at radius 1 is 1.14 bits per heavy atom. The van der Waals surface area contributed by atoms with E-state index in [0.717, 1.165) is 21.2 Å². The maximum atomic E-state index is 12.5. The molecular weight excluding hydrogens is 356 g/mol. The number of rotatable bonds is 4. The van der Waals surface area contributed by atoms with Crippen LogP contribution in [0.15, 0.2) is 65.5 Å². The molecule has 4 rings (SSSR count). The molecule has 4 aromatic rings. The molecule has 1 amide bonds. The number of amides is 1. The second kappa shape index (κ2) is 7.03. The molecule has 0 unspecified atom stereocenters. The average molecular weight is 374 g/mol. The van der Waals surface area contributed by atoms with Crippen molar-refractivity contribution in [2.45, 2.75) is 13.5 Å². The standard InChI is InChI=1S/C21H18N4O3/c1-13-7-9-14(10-8-13)12-22-20(27)18-19(26)21(28)25-17(23-18)11-16(24-25)15-5-3-2-4-6-15/h2-11,24,26H,12H2,1H3,(H,22,27). The fourth-order valence-corrected chi connectivity index (χ4v) is 2.91. The van der Waals surface area contributed by atoms with Crippen molar-refractivity contribution in [3.63, 3.8) is 0 Å². The summed E-state index contributed by atoms with van der Waals surface area (Å²) in [6.07, 6.45) is 0. The Balaban J connectivity index is 1.65. The van der Waals surface area contributed by atoms with Crippen LogP contribution in [0.5, 0.6) is 5.75 Å². The van der Waals surface area contributed by atoms with Gasteiger partial charge in [-0.3, -0.25) is 14.7 Å². The molecule has 2 aromatic heterocycles. The summed E-state index contributed by atoms with van der Waals surface area (Å²) in [5.74, 6) is -1.31. The number of aromatic hydroxyl groups is 1. The summed E-state index contributed by atoms with van der Waals surface area (Å²) in [4.78, 5) is 29.1. The second-order valence-electron chi connectivity index (χ2n) is 6.51. The van der Waals surface area contributed by atoms with Crippen LogP contribution < -0.4 is 10.9 Å². The molecular formula is C21H18N4O3. The summed E-state index contributed by atoms with van der Waals surface area (Å²) >= 11 is 0. The first-order chi connectivity index (χ1) is 13.5. The molecule has 0 atom stereocenters. The lowest BCUT2D eigenvalue weighted by Crippen LogP contribution is -2.27. The molecule has 0 aliphatic carbocycles. The minimum absolute atomic E-state index is 0.252. The van der Waals surface area contributed by atoms with E-state index in [1.807, 2.05) is 61.5 Å². The Bertz CT molecular complexity index is 1210. The number of carbonyl (C=O) groups excluding carboxylic acids is 1. The molecule has 28 heavy (non-hydrogen) atoms. The number of benzene rings is 2. The van der Waals surface area contributed by atoms with Gasteiger partial charge in [-0.25, -0.2) is 4.98 Å². The number of aromatic nitrogens is 3. The lowest BCUT2D eigenvalue weighted by molar-refractivity contribution is 0.0942. The highest BCUT2D eigenvalue weighted by Crippen LogP contribution is 2.19. The van der Waals surface area contributed by atoms with Gasteiger partial charge in [0.25, 0.3) is 5.91 Å². The number of fused-ring (bicyclic) bond motifs is 1. The number of nitrogens with one attached hydrogen (secondary N) is 2. The largest absolute Gasteiger partial charge is 0.501 e. The van der Waals surface area contributed by atoms with E-state index >= 15 is 0 Å². The number of carbonyl (C=O) groups is 1. The molecule has 7 heteroatoms. The molecule has 0 saturated carbocycles. The van der Waals surface area contributed by atoms with Crippen molar-refractivity contribution in [3.05, 3.63) is 87.8 Å². The minimum Gasteiger partial charge on any atom is -0.501 e. The van der Waals surface area contributed by atoms with E-state index in [1.54, 1.807) is 6.07 Å². The summed E-state index contributed by atoms with van der Waals surface area (Å²) in [5, 5.41) is 15.8. The maximum Gasteiger partial charge on any atom is 0.315 e. The van der Waals surface area contributed by atoms with Gasteiger partial charge in [0, 0.05) is 12.6 Å². The SMILES string of the molecule is Cc1ccc(CNC(=O)c2nc3cc(-c4ccccc4)[nH]n3c(=O)c2O)cc1. The third-order valence-corrected chi connectivity index (χ3v) is 4.46. The Kier molecular flexibility index (Phi) is 4.41. The van der Waals surface area contributed by atoms with Gasteiger partial charge in [-0.15, -0.1) is 0 Å². The van der Waals surface area contributed by atoms with Gasteiger partial charge in [0.15, 0.2) is 11.3 Å². The Hall–Kier alpha value is -3.87. The highest BCUT2D eigenvalue weighted by atomic mass is 16.3. The molecule has 2 aromatic carbocycles. The number of hydrogen-bond acceptors (Lipinski definition) is 4. The maximum absolute atomic E-state index is 12.5. The summed E-state index contributed by atoms with van der Waals surface area (Å²) in [7, 11) is 0. The summed E-state index contributed by atoms with van der Waals surface area (Å²) in [5.41, 5.74) is 2.77. The van der Waals surface area contributed by atoms with Gasteiger partial charge in [-0.2, -0.15) is 4.52 Å². The first-order valence-corrected chi connectivity index (χ1v) is 8.77. The average Bonchev–Trinajstić information content (AvgIpc) is 3.15. The van der Waals surface area contributed by atoms with E-state index in [-0.39, 0.29) is 17.9 Å². The van der Waals surface area contributed by atoms with Crippen molar-refractivity contribution in [3.8, 4) is 17.0 Å². The number of aromatic amines is 1. The first kappa shape index (κ1) is 17.5. The van der Waals surface area contributed by atoms with Crippen molar-refractivity contribution in [1.82, 2.24) is 19.9 Å². The van der Waals surface area contributed by atoms with Crippen LogP contribution in [0.1, 0.15) is 21.6 Å². The van der Waals surface area contributed by atoms with Gasteiger partial charge in [0.05, 0.1) is 5.69 Å². The van der Waals surface area contributed by atoms with E-state index < -0.39 is 17.2 Å². The molecule has 0 saturated heterocycles. The van der Waals surface area contributed by atoms with Gasteiger partial charge in [0.2, 0.25) is 5.75 Å². The Morgan fingerprint density at radius 2 is 1.86 bits per heavy atom. The van der Waals surface area contributed by atoms with Gasteiger partial charge in [-0.1, -0.05) is 60.2 Å². The van der Waals surface area contributed by atoms with E-state index in [4.69, 9.17) is 0 Å². The van der Waals surface area contributed by atoms with E-state index in [0.29, 0.717) is 5.69 Å². The molecule has 0 bridgehead atoms. The van der Waals surface area contributed by atoms with Gasteiger partial charge in [-0.05, 0) is 18.1 Å². The molecule has 0 radical (unpaired) electrons. The first-order valence-electron chi connectivity index (χ1n) is 8.77. The highest BCUT2D eigenvalue weighted by molar-refractivity contribution is 5.95. The van der Waals surface area contributed by atoms with Crippen molar-refractivity contribution < 1.29 is 9.90 Å². The normalized spacial score (nSPS) is 10.9. The molecule has 0 aliphatic rings. The zero-order chi connectivity index (χ0) is 19.7. The van der Waals surface area contributed by atoms with E-state index in [9.17, 15) is 14.7 Å². The van der Waals surface area contributed by atoms with Crippen molar-refractivity contribution in [2.24, 2.45) is 0 Å². The van der Waals surface area contributed by atoms with Gasteiger partial charge >= 0.3 is 5.56 Å². The number of aryl methyl sites for hydroxylation is 1. The quantitative estimate of drug-likeness (QED) is 0.511. The molecule has 2 heterocycles.